The summed E-state index contributed by atoms with van der Waals surface area (Å²) >= 11 is 1.83. The number of amidine groups is 1. The van der Waals surface area contributed by atoms with Crippen LogP contribution >= 0.6 is 11.3 Å². The molecule has 0 fully saturated rings. The highest BCUT2D eigenvalue weighted by Crippen LogP contribution is 2.44. The lowest BCUT2D eigenvalue weighted by molar-refractivity contribution is 0.409. The van der Waals surface area contributed by atoms with Gasteiger partial charge in [0.1, 0.15) is 40.5 Å². The van der Waals surface area contributed by atoms with Gasteiger partial charge in [-0.3, -0.25) is 5.32 Å². The van der Waals surface area contributed by atoms with Gasteiger partial charge >= 0.3 is 0 Å². The zero-order chi connectivity index (χ0) is 33.5. The summed E-state index contributed by atoms with van der Waals surface area (Å²) in [6.45, 7) is 0. The van der Waals surface area contributed by atoms with Crippen molar-refractivity contribution < 1.29 is 8.83 Å². The van der Waals surface area contributed by atoms with Crippen molar-refractivity contribution in [3.63, 3.8) is 0 Å². The summed E-state index contributed by atoms with van der Waals surface area (Å²) in [5, 5.41) is 14.5. The topological polar surface area (TPSA) is 62.7 Å². The van der Waals surface area contributed by atoms with Crippen LogP contribution in [0.25, 0.3) is 75.2 Å². The molecule has 0 radical (unpaired) electrons. The zero-order valence-corrected chi connectivity index (χ0v) is 28.1. The number of aliphatic imine (C=N–C) groups is 1. The summed E-state index contributed by atoms with van der Waals surface area (Å²) in [4.78, 5) is 5.23. The lowest BCUT2D eigenvalue weighted by Crippen LogP contribution is -2.45. The van der Waals surface area contributed by atoms with Crippen molar-refractivity contribution in [3.8, 4) is 11.1 Å². The van der Waals surface area contributed by atoms with E-state index in [9.17, 15) is 0 Å². The Morgan fingerprint density at radius 1 is 0.490 bits per heavy atom. The molecule has 2 N–H and O–H groups in total. The van der Waals surface area contributed by atoms with Crippen molar-refractivity contribution in [1.29, 1.82) is 0 Å². The number of thiophene rings is 1. The number of rotatable bonds is 4. The largest absolute Gasteiger partial charge is 0.455 e. The van der Waals surface area contributed by atoms with E-state index in [1.807, 2.05) is 41.7 Å². The summed E-state index contributed by atoms with van der Waals surface area (Å²) in [5.41, 5.74) is 9.03. The Morgan fingerprint density at radius 3 is 1.84 bits per heavy atom. The molecule has 0 saturated heterocycles. The first kappa shape index (κ1) is 28.6. The number of nitrogens with one attached hydrogen (secondary N) is 2. The highest BCUT2D eigenvalue weighted by atomic mass is 32.1. The molecule has 1 aliphatic rings. The van der Waals surface area contributed by atoms with Gasteiger partial charge in [0, 0.05) is 52.8 Å². The van der Waals surface area contributed by atoms with E-state index in [0.717, 1.165) is 72.0 Å². The van der Waals surface area contributed by atoms with E-state index < -0.39 is 0 Å². The molecule has 7 aromatic carbocycles. The summed E-state index contributed by atoms with van der Waals surface area (Å²) < 4.78 is 15.4. The minimum atomic E-state index is -0.252. The van der Waals surface area contributed by atoms with Crippen LogP contribution in [0.2, 0.25) is 0 Å². The average Bonchev–Trinajstić information content (AvgIpc) is 3.89. The van der Waals surface area contributed by atoms with E-state index in [-0.39, 0.29) is 12.3 Å². The molecule has 0 spiro atoms. The lowest BCUT2D eigenvalue weighted by Gasteiger charge is -2.32. The molecular formula is C45H29N3O2S. The Labute approximate surface area is 296 Å². The first-order valence-corrected chi connectivity index (χ1v) is 18.0. The van der Waals surface area contributed by atoms with Crippen LogP contribution in [0.3, 0.4) is 0 Å². The van der Waals surface area contributed by atoms with Gasteiger partial charge in [0.2, 0.25) is 0 Å². The van der Waals surface area contributed by atoms with Gasteiger partial charge in [-0.2, -0.15) is 0 Å². The molecule has 0 bridgehead atoms. The number of para-hydroxylation sites is 4. The molecule has 2 unspecified atom stereocenters. The second kappa shape index (κ2) is 11.2. The Kier molecular flexibility index (Phi) is 6.26. The second-order valence-electron chi connectivity index (χ2n) is 13.1. The standard InChI is InChI=1S/C45H29N3O2S/c1-2-11-26(12-3-1)43-46-44(48-45(47-43)35-20-9-16-31-29-14-5-7-22-38(29)50-41(31)35)27-23-24-39-36(25-27)34-19-10-18-33(42(34)51-39)32-17-8-15-30-28-13-4-6-21-37(28)49-40(30)32/h1-25,43-44,46H,(H,47,48). The summed E-state index contributed by atoms with van der Waals surface area (Å²) in [6, 6.07) is 53.1. The predicted octanol–water partition coefficient (Wildman–Crippen LogP) is 11.9. The molecular weight excluding hydrogens is 647 g/mol. The Bertz CT molecular complexity index is 3010. The van der Waals surface area contributed by atoms with E-state index in [4.69, 9.17) is 13.8 Å². The van der Waals surface area contributed by atoms with Crippen LogP contribution in [-0.4, -0.2) is 5.84 Å². The van der Waals surface area contributed by atoms with E-state index >= 15 is 0 Å². The van der Waals surface area contributed by atoms with Gasteiger partial charge in [0.25, 0.3) is 0 Å². The van der Waals surface area contributed by atoms with E-state index in [0.29, 0.717) is 0 Å². The van der Waals surface area contributed by atoms with Gasteiger partial charge in [-0.05, 0) is 41.5 Å². The molecule has 4 heterocycles. The van der Waals surface area contributed by atoms with Crippen molar-refractivity contribution in [2.75, 3.05) is 0 Å². The number of benzene rings is 7. The average molecular weight is 676 g/mol. The molecule has 51 heavy (non-hydrogen) atoms. The van der Waals surface area contributed by atoms with Gasteiger partial charge in [0.05, 0.1) is 5.56 Å². The second-order valence-corrected chi connectivity index (χ2v) is 14.2. The van der Waals surface area contributed by atoms with Gasteiger partial charge < -0.3 is 14.2 Å². The fourth-order valence-corrected chi connectivity index (χ4v) is 8.98. The summed E-state index contributed by atoms with van der Waals surface area (Å²) in [7, 11) is 0. The Hall–Kier alpha value is -6.21. The van der Waals surface area contributed by atoms with Gasteiger partial charge in [-0.25, -0.2) is 4.99 Å². The van der Waals surface area contributed by atoms with Crippen LogP contribution in [0.4, 0.5) is 0 Å². The van der Waals surface area contributed by atoms with Crippen LogP contribution in [0.1, 0.15) is 29.0 Å². The fourth-order valence-electron chi connectivity index (χ4n) is 7.77. The molecule has 2 atom stereocenters. The quantitative estimate of drug-likeness (QED) is 0.195. The SMILES string of the molecule is c1ccc(C2N=C(c3cccc4c3oc3ccccc34)NC(c3ccc4sc5c(-c6cccc7c6oc6ccccc67)cccc5c4c3)N2)cc1. The molecule has 242 valence electrons. The maximum absolute atomic E-state index is 6.47. The molecule has 11 rings (SSSR count). The van der Waals surface area contributed by atoms with Crippen molar-refractivity contribution >= 4 is 81.2 Å². The maximum Gasteiger partial charge on any atom is 0.146 e. The van der Waals surface area contributed by atoms with Crippen LogP contribution in [0.15, 0.2) is 165 Å². The van der Waals surface area contributed by atoms with Gasteiger partial charge in [-0.1, -0.05) is 121 Å². The van der Waals surface area contributed by atoms with E-state index in [2.05, 4.69) is 132 Å². The third-order valence-electron chi connectivity index (χ3n) is 10.2. The monoisotopic (exact) mass is 675 g/mol. The van der Waals surface area contributed by atoms with Crippen LogP contribution in [0.5, 0.6) is 0 Å². The maximum atomic E-state index is 6.47. The molecule has 10 aromatic rings. The van der Waals surface area contributed by atoms with Gasteiger partial charge in [-0.15, -0.1) is 11.3 Å². The number of nitrogens with zero attached hydrogens (tertiary/aromatic N) is 1. The summed E-state index contributed by atoms with van der Waals surface area (Å²) in [6.07, 6.45) is -0.452. The van der Waals surface area contributed by atoms with Crippen molar-refractivity contribution in [2.45, 2.75) is 12.3 Å². The first-order valence-electron chi connectivity index (χ1n) is 17.2. The first-order chi connectivity index (χ1) is 25.3. The summed E-state index contributed by atoms with van der Waals surface area (Å²) in [5.74, 6) is 0.800. The van der Waals surface area contributed by atoms with E-state index in [1.54, 1.807) is 0 Å². The number of fused-ring (bicyclic) bond motifs is 9. The Balaban J connectivity index is 1.04. The molecule has 3 aromatic heterocycles. The van der Waals surface area contributed by atoms with Crippen molar-refractivity contribution in [3.05, 3.63) is 168 Å². The highest BCUT2D eigenvalue weighted by molar-refractivity contribution is 7.26. The molecule has 0 saturated carbocycles. The molecule has 0 aliphatic carbocycles. The highest BCUT2D eigenvalue weighted by Gasteiger charge is 2.28. The molecule has 1 aliphatic heterocycles. The minimum absolute atomic E-state index is 0.200. The lowest BCUT2D eigenvalue weighted by atomic mass is 9.99. The molecule has 6 heteroatoms. The molecule has 5 nitrogen and oxygen atoms in total. The fraction of sp³-hybridized carbons (Fsp3) is 0.0444. The molecule has 0 amide bonds. The van der Waals surface area contributed by atoms with Crippen molar-refractivity contribution in [2.24, 2.45) is 4.99 Å². The smallest absolute Gasteiger partial charge is 0.146 e. The Morgan fingerprint density at radius 2 is 1.10 bits per heavy atom. The van der Waals surface area contributed by atoms with Crippen LogP contribution in [0, 0.1) is 0 Å². The van der Waals surface area contributed by atoms with Gasteiger partial charge in [0.15, 0.2) is 0 Å². The number of furan rings is 2. The zero-order valence-electron chi connectivity index (χ0n) is 27.3. The number of hydrogen-bond donors (Lipinski definition) is 2. The third kappa shape index (κ3) is 4.47. The predicted molar refractivity (Wildman–Crippen MR) is 210 cm³/mol. The van der Waals surface area contributed by atoms with E-state index in [1.165, 1.54) is 25.7 Å². The van der Waals surface area contributed by atoms with Crippen LogP contribution in [-0.2, 0) is 0 Å². The third-order valence-corrected chi connectivity index (χ3v) is 11.4. The number of hydrogen-bond acceptors (Lipinski definition) is 6. The normalized spacial score (nSPS) is 16.4. The van der Waals surface area contributed by atoms with Crippen molar-refractivity contribution in [1.82, 2.24) is 10.6 Å². The van der Waals surface area contributed by atoms with Crippen LogP contribution < -0.4 is 10.6 Å². The minimum Gasteiger partial charge on any atom is -0.455 e.